The Morgan fingerprint density at radius 2 is 1.60 bits per heavy atom. The zero-order valence-electron chi connectivity index (χ0n) is 15.5. The number of hydrogen-bond acceptors (Lipinski definition) is 3. The number of benzene rings is 1. The molecule has 0 heterocycles. The zero-order chi connectivity index (χ0) is 19.0. The molecule has 0 aliphatic rings. The average Bonchev–Trinajstić information content (AvgIpc) is 2.53. The number of carbonyl (C=O) groups excluding carboxylic acids is 1. The number of terminal acetylenes is 1. The Labute approximate surface area is 152 Å². The van der Waals surface area contributed by atoms with Crippen molar-refractivity contribution < 1.29 is 13.2 Å². The minimum Gasteiger partial charge on any atom is -0.341 e. The SMILES string of the molecule is C#CCN(CC(=O)N(CC(C)C)CC(C)C)S(=O)(=O)c1ccccc1. The lowest BCUT2D eigenvalue weighted by atomic mass is 10.1. The fourth-order valence-electron chi connectivity index (χ4n) is 2.48. The van der Waals surface area contributed by atoms with Crippen molar-refractivity contribution >= 4 is 15.9 Å². The van der Waals surface area contributed by atoms with Crippen LogP contribution < -0.4 is 0 Å². The smallest absolute Gasteiger partial charge is 0.244 e. The van der Waals surface area contributed by atoms with Gasteiger partial charge in [0.1, 0.15) is 0 Å². The fourth-order valence-corrected chi connectivity index (χ4v) is 3.80. The zero-order valence-corrected chi connectivity index (χ0v) is 16.3. The minimum atomic E-state index is -3.81. The second kappa shape index (κ2) is 9.59. The van der Waals surface area contributed by atoms with Crippen LogP contribution in [0.3, 0.4) is 0 Å². The maximum absolute atomic E-state index is 12.8. The van der Waals surface area contributed by atoms with Crippen molar-refractivity contribution in [3.05, 3.63) is 30.3 Å². The predicted molar refractivity (Wildman–Crippen MR) is 100 cm³/mol. The summed E-state index contributed by atoms with van der Waals surface area (Å²) in [6, 6.07) is 8.04. The predicted octanol–water partition coefficient (Wildman–Crippen LogP) is 2.45. The van der Waals surface area contributed by atoms with Crippen LogP contribution in [0.25, 0.3) is 0 Å². The van der Waals surface area contributed by atoms with Crippen LogP contribution in [0.2, 0.25) is 0 Å². The number of amides is 1. The quantitative estimate of drug-likeness (QED) is 0.633. The third-order valence-electron chi connectivity index (χ3n) is 3.48. The Morgan fingerprint density at radius 1 is 1.08 bits per heavy atom. The van der Waals surface area contributed by atoms with Crippen LogP contribution in [0.5, 0.6) is 0 Å². The van der Waals surface area contributed by atoms with Crippen LogP contribution in [-0.2, 0) is 14.8 Å². The van der Waals surface area contributed by atoms with E-state index in [-0.39, 0.29) is 23.9 Å². The van der Waals surface area contributed by atoms with Gasteiger partial charge in [-0.05, 0) is 24.0 Å². The molecule has 1 amide bonds. The molecule has 1 aromatic carbocycles. The Kier molecular flexibility index (Phi) is 8.14. The normalized spacial score (nSPS) is 11.8. The first kappa shape index (κ1) is 21.2. The van der Waals surface area contributed by atoms with Crippen molar-refractivity contribution in [1.29, 1.82) is 0 Å². The number of sulfonamides is 1. The van der Waals surface area contributed by atoms with E-state index in [0.29, 0.717) is 24.9 Å². The van der Waals surface area contributed by atoms with E-state index in [4.69, 9.17) is 6.42 Å². The van der Waals surface area contributed by atoms with Gasteiger partial charge in [-0.15, -0.1) is 6.42 Å². The van der Waals surface area contributed by atoms with Crippen LogP contribution >= 0.6 is 0 Å². The van der Waals surface area contributed by atoms with Gasteiger partial charge in [-0.25, -0.2) is 8.42 Å². The molecule has 0 spiro atoms. The molecule has 0 saturated carbocycles. The molecule has 0 aliphatic carbocycles. The van der Waals surface area contributed by atoms with Gasteiger partial charge in [0.2, 0.25) is 15.9 Å². The number of nitrogens with zero attached hydrogens (tertiary/aromatic N) is 2. The van der Waals surface area contributed by atoms with E-state index in [9.17, 15) is 13.2 Å². The summed E-state index contributed by atoms with van der Waals surface area (Å²) in [5.74, 6) is 2.72. The van der Waals surface area contributed by atoms with E-state index in [1.54, 1.807) is 23.1 Å². The molecule has 1 aromatic rings. The largest absolute Gasteiger partial charge is 0.341 e. The first-order valence-electron chi connectivity index (χ1n) is 8.45. The minimum absolute atomic E-state index is 0.136. The molecule has 0 aliphatic heterocycles. The Hall–Kier alpha value is -1.84. The van der Waals surface area contributed by atoms with Gasteiger partial charge in [0.15, 0.2) is 0 Å². The van der Waals surface area contributed by atoms with Gasteiger partial charge in [-0.1, -0.05) is 51.8 Å². The second-order valence-corrected chi connectivity index (χ2v) is 8.81. The number of carbonyl (C=O) groups is 1. The molecule has 0 N–H and O–H groups in total. The first-order chi connectivity index (χ1) is 11.7. The molecule has 1 rings (SSSR count). The summed E-state index contributed by atoms with van der Waals surface area (Å²) >= 11 is 0. The third kappa shape index (κ3) is 6.52. The van der Waals surface area contributed by atoms with E-state index in [1.807, 2.05) is 27.7 Å². The van der Waals surface area contributed by atoms with E-state index < -0.39 is 10.0 Å². The molecule has 138 valence electrons. The van der Waals surface area contributed by atoms with Gasteiger partial charge in [0.05, 0.1) is 18.0 Å². The summed E-state index contributed by atoms with van der Waals surface area (Å²) in [5, 5.41) is 0. The van der Waals surface area contributed by atoms with Crippen molar-refractivity contribution in [2.24, 2.45) is 11.8 Å². The molecule has 0 fully saturated rings. The van der Waals surface area contributed by atoms with E-state index in [2.05, 4.69) is 5.92 Å². The maximum atomic E-state index is 12.8. The molecular weight excluding hydrogens is 336 g/mol. The second-order valence-electron chi connectivity index (χ2n) is 6.88. The molecule has 5 nitrogen and oxygen atoms in total. The number of hydrogen-bond donors (Lipinski definition) is 0. The summed E-state index contributed by atoms with van der Waals surface area (Å²) in [5.41, 5.74) is 0. The fraction of sp³-hybridized carbons (Fsp3) is 0.526. The van der Waals surface area contributed by atoms with Crippen molar-refractivity contribution in [2.75, 3.05) is 26.2 Å². The Bertz CT molecular complexity index is 681. The Balaban J connectivity index is 3.03. The van der Waals surface area contributed by atoms with E-state index in [0.717, 1.165) is 4.31 Å². The van der Waals surface area contributed by atoms with Crippen molar-refractivity contribution in [1.82, 2.24) is 9.21 Å². The molecule has 0 aromatic heterocycles. The molecule has 0 bridgehead atoms. The maximum Gasteiger partial charge on any atom is 0.244 e. The van der Waals surface area contributed by atoms with Crippen molar-refractivity contribution in [3.63, 3.8) is 0 Å². The summed E-state index contributed by atoms with van der Waals surface area (Å²) in [7, 11) is -3.81. The summed E-state index contributed by atoms with van der Waals surface area (Å²) < 4.78 is 26.6. The highest BCUT2D eigenvalue weighted by atomic mass is 32.2. The van der Waals surface area contributed by atoms with E-state index >= 15 is 0 Å². The molecule has 0 saturated heterocycles. The lowest BCUT2D eigenvalue weighted by molar-refractivity contribution is -0.132. The lowest BCUT2D eigenvalue weighted by Crippen LogP contribution is -2.45. The van der Waals surface area contributed by atoms with Crippen LogP contribution in [0, 0.1) is 24.2 Å². The van der Waals surface area contributed by atoms with Crippen LogP contribution in [0.15, 0.2) is 35.2 Å². The highest BCUT2D eigenvalue weighted by Gasteiger charge is 2.28. The standard InChI is InChI=1S/C19H28N2O3S/c1-6-12-21(25(23,24)18-10-8-7-9-11-18)15-19(22)20(13-16(2)3)14-17(4)5/h1,7-11,16-17H,12-15H2,2-5H3. The average molecular weight is 365 g/mol. The van der Waals surface area contributed by atoms with Crippen molar-refractivity contribution in [2.45, 2.75) is 32.6 Å². The van der Waals surface area contributed by atoms with Crippen LogP contribution in [0.4, 0.5) is 0 Å². The lowest BCUT2D eigenvalue weighted by Gasteiger charge is -2.29. The van der Waals surface area contributed by atoms with Gasteiger partial charge in [-0.3, -0.25) is 4.79 Å². The van der Waals surface area contributed by atoms with Gasteiger partial charge in [0.25, 0.3) is 0 Å². The van der Waals surface area contributed by atoms with Gasteiger partial charge >= 0.3 is 0 Å². The highest BCUT2D eigenvalue weighted by Crippen LogP contribution is 2.15. The molecule has 0 atom stereocenters. The Morgan fingerprint density at radius 3 is 2.04 bits per heavy atom. The van der Waals surface area contributed by atoms with Gasteiger partial charge in [0, 0.05) is 13.1 Å². The molecule has 0 unspecified atom stereocenters. The number of rotatable bonds is 9. The van der Waals surface area contributed by atoms with Gasteiger partial charge in [-0.2, -0.15) is 4.31 Å². The molecule has 0 radical (unpaired) electrons. The molecular formula is C19H28N2O3S. The monoisotopic (exact) mass is 364 g/mol. The highest BCUT2D eigenvalue weighted by molar-refractivity contribution is 7.89. The third-order valence-corrected chi connectivity index (χ3v) is 5.29. The topological polar surface area (TPSA) is 57.7 Å². The van der Waals surface area contributed by atoms with Gasteiger partial charge < -0.3 is 4.90 Å². The molecule has 6 heteroatoms. The first-order valence-corrected chi connectivity index (χ1v) is 9.89. The van der Waals surface area contributed by atoms with Crippen LogP contribution in [0.1, 0.15) is 27.7 Å². The van der Waals surface area contributed by atoms with Crippen molar-refractivity contribution in [3.8, 4) is 12.3 Å². The summed E-state index contributed by atoms with van der Waals surface area (Å²) in [6.07, 6.45) is 5.34. The summed E-state index contributed by atoms with van der Waals surface area (Å²) in [4.78, 5) is 14.6. The van der Waals surface area contributed by atoms with Crippen LogP contribution in [-0.4, -0.2) is 49.7 Å². The molecule has 25 heavy (non-hydrogen) atoms. The summed E-state index contributed by atoms with van der Waals surface area (Å²) in [6.45, 7) is 8.90. The van der Waals surface area contributed by atoms with E-state index in [1.165, 1.54) is 12.1 Å².